The highest BCUT2D eigenvalue weighted by molar-refractivity contribution is 7.89. The Morgan fingerprint density at radius 2 is 1.90 bits per heavy atom. The summed E-state index contributed by atoms with van der Waals surface area (Å²) in [4.78, 5) is 1.95. The van der Waals surface area contributed by atoms with Gasteiger partial charge in [0, 0.05) is 26.2 Å². The zero-order valence-electron chi connectivity index (χ0n) is 12.2. The molecule has 1 aliphatic rings. The van der Waals surface area contributed by atoms with E-state index < -0.39 is 10.0 Å². The Hall–Kier alpha value is -1.80. The quantitative estimate of drug-likeness (QED) is 0.613. The minimum absolute atomic E-state index is 0.0207. The Labute approximate surface area is 124 Å². The van der Waals surface area contributed by atoms with Crippen LogP contribution in [0.4, 0.5) is 0 Å². The van der Waals surface area contributed by atoms with Crippen molar-refractivity contribution >= 4 is 16.0 Å². The zero-order valence-corrected chi connectivity index (χ0v) is 13.0. The van der Waals surface area contributed by atoms with Crippen LogP contribution in [0, 0.1) is 12.3 Å². The fraction of sp³-hybridized carbons (Fsp3) is 0.462. The number of nitrogens with two attached hydrogens (primary N) is 1. The third-order valence-corrected chi connectivity index (χ3v) is 5.64. The lowest BCUT2D eigenvalue weighted by Crippen LogP contribution is -2.52. The molecule has 1 heterocycles. The van der Waals surface area contributed by atoms with Crippen LogP contribution in [0.5, 0.6) is 5.75 Å². The highest BCUT2D eigenvalue weighted by atomic mass is 32.2. The molecule has 1 aliphatic heterocycles. The summed E-state index contributed by atoms with van der Waals surface area (Å²) in [5.41, 5.74) is 6.07. The second-order valence-corrected chi connectivity index (χ2v) is 6.81. The summed E-state index contributed by atoms with van der Waals surface area (Å²) >= 11 is 0. The number of nitrogens with one attached hydrogen (secondary N) is 1. The van der Waals surface area contributed by atoms with Gasteiger partial charge >= 0.3 is 0 Å². The summed E-state index contributed by atoms with van der Waals surface area (Å²) in [6, 6.07) is 4.92. The Bertz CT molecular complexity index is 637. The number of hydrogen-bond acceptors (Lipinski definition) is 4. The van der Waals surface area contributed by atoms with E-state index in [1.54, 1.807) is 37.1 Å². The topological polar surface area (TPSA) is 99.7 Å². The van der Waals surface area contributed by atoms with Gasteiger partial charge in [-0.2, -0.15) is 4.31 Å². The van der Waals surface area contributed by atoms with Crippen molar-refractivity contribution in [2.75, 3.05) is 33.3 Å². The minimum atomic E-state index is -3.53. The van der Waals surface area contributed by atoms with Crippen molar-refractivity contribution in [3.8, 4) is 5.75 Å². The molecule has 0 unspecified atom stereocenters. The van der Waals surface area contributed by atoms with E-state index in [-0.39, 0.29) is 5.96 Å². The Morgan fingerprint density at radius 3 is 2.38 bits per heavy atom. The zero-order chi connectivity index (χ0) is 15.6. The first-order chi connectivity index (χ1) is 9.86. The van der Waals surface area contributed by atoms with Gasteiger partial charge in [-0.3, -0.25) is 5.41 Å². The number of piperazine rings is 1. The molecule has 8 heteroatoms. The standard InChI is InChI=1S/C13H20N4O3S/c1-10-9-11(20-2)3-4-12(10)21(18,19)17-7-5-16(6-8-17)13(14)15/h3-4,9H,5-8H2,1-2H3,(H3,14,15). The summed E-state index contributed by atoms with van der Waals surface area (Å²) in [6.07, 6.45) is 0. The van der Waals surface area contributed by atoms with Crippen molar-refractivity contribution in [3.05, 3.63) is 23.8 Å². The van der Waals surface area contributed by atoms with Crippen LogP contribution >= 0.6 is 0 Å². The molecule has 0 bridgehead atoms. The third-order valence-electron chi connectivity index (χ3n) is 3.58. The monoisotopic (exact) mass is 312 g/mol. The molecule has 116 valence electrons. The van der Waals surface area contributed by atoms with E-state index in [4.69, 9.17) is 15.9 Å². The van der Waals surface area contributed by atoms with Gasteiger partial charge in [0.25, 0.3) is 0 Å². The number of hydrogen-bond donors (Lipinski definition) is 2. The van der Waals surface area contributed by atoms with Gasteiger partial charge in [-0.1, -0.05) is 0 Å². The lowest BCUT2D eigenvalue weighted by atomic mass is 10.2. The molecular formula is C13H20N4O3S. The van der Waals surface area contributed by atoms with Gasteiger partial charge in [0.05, 0.1) is 12.0 Å². The Morgan fingerprint density at radius 1 is 1.29 bits per heavy atom. The van der Waals surface area contributed by atoms with Crippen LogP contribution in [-0.2, 0) is 10.0 Å². The molecule has 3 N–H and O–H groups in total. The Balaban J connectivity index is 2.21. The van der Waals surface area contributed by atoms with Crippen LogP contribution in [0.25, 0.3) is 0 Å². The van der Waals surface area contributed by atoms with Crippen LogP contribution in [0.15, 0.2) is 23.1 Å². The number of benzene rings is 1. The van der Waals surface area contributed by atoms with E-state index >= 15 is 0 Å². The summed E-state index contributed by atoms with van der Waals surface area (Å²) in [7, 11) is -1.98. The van der Waals surface area contributed by atoms with Gasteiger partial charge in [0.1, 0.15) is 5.75 Å². The van der Waals surface area contributed by atoms with Gasteiger partial charge in [-0.05, 0) is 30.7 Å². The van der Waals surface area contributed by atoms with Crippen molar-refractivity contribution < 1.29 is 13.2 Å². The SMILES string of the molecule is COc1ccc(S(=O)(=O)N2CCN(C(=N)N)CC2)c(C)c1. The molecule has 1 aromatic carbocycles. The molecule has 1 fully saturated rings. The molecule has 0 radical (unpaired) electrons. The average Bonchev–Trinajstić information content (AvgIpc) is 2.46. The summed E-state index contributed by atoms with van der Waals surface area (Å²) in [5.74, 6) is 0.612. The second kappa shape index (κ2) is 5.90. The maximum atomic E-state index is 12.7. The van der Waals surface area contributed by atoms with Crippen LogP contribution < -0.4 is 10.5 Å². The summed E-state index contributed by atoms with van der Waals surface area (Å²) in [5, 5.41) is 7.38. The molecule has 0 saturated carbocycles. The van der Waals surface area contributed by atoms with E-state index in [1.807, 2.05) is 0 Å². The van der Waals surface area contributed by atoms with E-state index in [0.717, 1.165) is 0 Å². The second-order valence-electron chi connectivity index (χ2n) is 4.91. The maximum absolute atomic E-state index is 12.7. The van der Waals surface area contributed by atoms with Gasteiger partial charge in [-0.25, -0.2) is 8.42 Å². The average molecular weight is 312 g/mol. The molecule has 21 heavy (non-hydrogen) atoms. The maximum Gasteiger partial charge on any atom is 0.243 e. The molecule has 2 rings (SSSR count). The van der Waals surface area contributed by atoms with Crippen molar-refractivity contribution in [1.82, 2.24) is 9.21 Å². The molecule has 1 aromatic rings. The van der Waals surface area contributed by atoms with Gasteiger partial charge < -0.3 is 15.4 Å². The summed E-state index contributed by atoms with van der Waals surface area (Å²) < 4.78 is 31.9. The molecule has 0 amide bonds. The molecule has 0 spiro atoms. The highest BCUT2D eigenvalue weighted by Gasteiger charge is 2.29. The first-order valence-corrected chi connectivity index (χ1v) is 8.04. The van der Waals surface area contributed by atoms with E-state index in [9.17, 15) is 8.42 Å². The molecular weight excluding hydrogens is 292 g/mol. The number of guanidine groups is 1. The van der Waals surface area contributed by atoms with Gasteiger partial charge in [0.15, 0.2) is 5.96 Å². The van der Waals surface area contributed by atoms with Crippen LogP contribution in [0.2, 0.25) is 0 Å². The number of sulfonamides is 1. The van der Waals surface area contributed by atoms with Gasteiger partial charge in [-0.15, -0.1) is 0 Å². The highest BCUT2D eigenvalue weighted by Crippen LogP contribution is 2.24. The number of rotatable bonds is 3. The smallest absolute Gasteiger partial charge is 0.243 e. The van der Waals surface area contributed by atoms with Crippen molar-refractivity contribution in [3.63, 3.8) is 0 Å². The fourth-order valence-corrected chi connectivity index (χ4v) is 3.97. The Kier molecular flexibility index (Phi) is 4.38. The predicted molar refractivity (Wildman–Crippen MR) is 80.0 cm³/mol. The molecule has 0 atom stereocenters. The van der Waals surface area contributed by atoms with Gasteiger partial charge in [0.2, 0.25) is 10.0 Å². The van der Waals surface area contributed by atoms with Crippen molar-refractivity contribution in [2.45, 2.75) is 11.8 Å². The summed E-state index contributed by atoms with van der Waals surface area (Å²) in [6.45, 7) is 3.27. The minimum Gasteiger partial charge on any atom is -0.497 e. The molecule has 7 nitrogen and oxygen atoms in total. The van der Waals surface area contributed by atoms with E-state index in [1.165, 1.54) is 4.31 Å². The van der Waals surface area contributed by atoms with Crippen LogP contribution in [-0.4, -0.2) is 56.9 Å². The normalized spacial score (nSPS) is 16.8. The molecule has 1 saturated heterocycles. The number of methoxy groups -OCH3 is 1. The molecule has 0 aliphatic carbocycles. The number of ether oxygens (including phenoxy) is 1. The largest absolute Gasteiger partial charge is 0.497 e. The third kappa shape index (κ3) is 3.11. The molecule has 0 aromatic heterocycles. The number of aryl methyl sites for hydroxylation is 1. The predicted octanol–water partition coefficient (Wildman–Crippen LogP) is 0.203. The fourth-order valence-electron chi connectivity index (χ4n) is 2.35. The van der Waals surface area contributed by atoms with Crippen LogP contribution in [0.3, 0.4) is 0 Å². The lowest BCUT2D eigenvalue weighted by molar-refractivity contribution is 0.263. The van der Waals surface area contributed by atoms with Crippen molar-refractivity contribution in [2.24, 2.45) is 5.73 Å². The first kappa shape index (κ1) is 15.6. The van der Waals surface area contributed by atoms with Crippen molar-refractivity contribution in [1.29, 1.82) is 5.41 Å². The lowest BCUT2D eigenvalue weighted by Gasteiger charge is -2.34. The number of nitrogens with zero attached hydrogens (tertiary/aromatic N) is 2. The van der Waals surface area contributed by atoms with E-state index in [2.05, 4.69) is 0 Å². The first-order valence-electron chi connectivity index (χ1n) is 6.60. The van der Waals surface area contributed by atoms with E-state index in [0.29, 0.717) is 42.4 Å². The van der Waals surface area contributed by atoms with Crippen LogP contribution in [0.1, 0.15) is 5.56 Å².